The number of nitrogens with two attached hydrogens (primary N) is 1. The Morgan fingerprint density at radius 1 is 1.26 bits per heavy atom. The van der Waals surface area contributed by atoms with Gasteiger partial charge in [0.15, 0.2) is 0 Å². The van der Waals surface area contributed by atoms with E-state index in [1.807, 2.05) is 0 Å². The summed E-state index contributed by atoms with van der Waals surface area (Å²) in [7, 11) is 0. The van der Waals surface area contributed by atoms with Gasteiger partial charge in [-0.05, 0) is 36.4 Å². The lowest BCUT2D eigenvalue weighted by atomic mass is 10.2. The van der Waals surface area contributed by atoms with Crippen LogP contribution in [0.1, 0.15) is 10.4 Å². The Hall–Kier alpha value is -1.72. The second-order valence-electron chi connectivity index (χ2n) is 3.73. The molecule has 0 unspecified atom stereocenters. The van der Waals surface area contributed by atoms with Gasteiger partial charge in [0, 0.05) is 20.5 Å². The molecule has 0 bridgehead atoms. The highest BCUT2D eigenvalue weighted by Crippen LogP contribution is 2.34. The summed E-state index contributed by atoms with van der Waals surface area (Å²) in [6.07, 6.45) is 0. The van der Waals surface area contributed by atoms with Crippen LogP contribution in [-0.4, -0.2) is 11.1 Å². The predicted octanol–water partition coefficient (Wildman–Crippen LogP) is 3.91. The van der Waals surface area contributed by atoms with Gasteiger partial charge in [-0.1, -0.05) is 23.4 Å². The number of halogens is 2. The number of hydrogen-bond donors (Lipinski definition) is 2. The number of aromatic carboxylic acids is 1. The van der Waals surface area contributed by atoms with Crippen LogP contribution in [0.2, 0.25) is 5.02 Å². The van der Waals surface area contributed by atoms with Gasteiger partial charge in [-0.3, -0.25) is 0 Å². The van der Waals surface area contributed by atoms with E-state index in [4.69, 9.17) is 22.4 Å². The fourth-order valence-corrected chi connectivity index (χ4v) is 2.44. The number of benzene rings is 2. The summed E-state index contributed by atoms with van der Waals surface area (Å²) in [6, 6.07) is 9.21. The van der Waals surface area contributed by atoms with Crippen LogP contribution in [0, 0.1) is 5.82 Å². The minimum absolute atomic E-state index is 0.221. The minimum atomic E-state index is -1.34. The first-order valence-corrected chi connectivity index (χ1v) is 6.42. The lowest BCUT2D eigenvalue weighted by molar-refractivity contribution is 0.0692. The van der Waals surface area contributed by atoms with E-state index in [9.17, 15) is 9.18 Å². The average molecular weight is 298 g/mol. The molecule has 2 rings (SSSR count). The summed E-state index contributed by atoms with van der Waals surface area (Å²) < 4.78 is 13.6. The van der Waals surface area contributed by atoms with Crippen molar-refractivity contribution < 1.29 is 14.3 Å². The zero-order valence-electron chi connectivity index (χ0n) is 9.56. The molecule has 0 atom stereocenters. The first-order chi connectivity index (χ1) is 8.97. The van der Waals surface area contributed by atoms with Gasteiger partial charge in [0.25, 0.3) is 0 Å². The smallest absolute Gasteiger partial charge is 0.338 e. The van der Waals surface area contributed by atoms with Gasteiger partial charge < -0.3 is 10.8 Å². The molecular formula is C13H9ClFNO2S. The Bertz CT molecular complexity index is 631. The summed E-state index contributed by atoms with van der Waals surface area (Å²) in [5.74, 6) is -2.15. The Morgan fingerprint density at radius 2 is 1.89 bits per heavy atom. The topological polar surface area (TPSA) is 63.3 Å². The molecule has 0 radical (unpaired) electrons. The molecule has 0 aliphatic heterocycles. The second-order valence-corrected chi connectivity index (χ2v) is 5.28. The van der Waals surface area contributed by atoms with E-state index < -0.39 is 17.3 Å². The zero-order valence-corrected chi connectivity index (χ0v) is 11.1. The van der Waals surface area contributed by atoms with Crippen LogP contribution in [0.15, 0.2) is 46.2 Å². The molecule has 0 spiro atoms. The molecule has 98 valence electrons. The van der Waals surface area contributed by atoms with E-state index in [-0.39, 0.29) is 5.69 Å². The van der Waals surface area contributed by atoms with Crippen LogP contribution in [0.5, 0.6) is 0 Å². The molecule has 0 aliphatic rings. The molecular weight excluding hydrogens is 289 g/mol. The fourth-order valence-electron chi connectivity index (χ4n) is 1.45. The Balaban J connectivity index is 2.33. The summed E-state index contributed by atoms with van der Waals surface area (Å²) >= 11 is 7.01. The van der Waals surface area contributed by atoms with Crippen LogP contribution in [0.3, 0.4) is 0 Å². The molecule has 3 N–H and O–H groups in total. The third-order valence-electron chi connectivity index (χ3n) is 2.37. The predicted molar refractivity (Wildman–Crippen MR) is 73.3 cm³/mol. The van der Waals surface area contributed by atoms with E-state index in [1.54, 1.807) is 24.3 Å². The summed E-state index contributed by atoms with van der Waals surface area (Å²) in [5.41, 5.74) is 5.52. The van der Waals surface area contributed by atoms with Gasteiger partial charge in [-0.2, -0.15) is 0 Å². The monoisotopic (exact) mass is 297 g/mol. The van der Waals surface area contributed by atoms with Crippen molar-refractivity contribution in [2.24, 2.45) is 0 Å². The fraction of sp³-hybridized carbons (Fsp3) is 0. The summed E-state index contributed by atoms with van der Waals surface area (Å²) in [6.45, 7) is 0. The SMILES string of the molecule is Nc1cc(C(=O)O)c(F)cc1Sc1ccc(Cl)cc1. The molecule has 0 amide bonds. The molecule has 0 heterocycles. The number of nitrogen functional groups attached to an aromatic ring is 1. The Kier molecular flexibility index (Phi) is 3.97. The highest BCUT2D eigenvalue weighted by molar-refractivity contribution is 7.99. The van der Waals surface area contributed by atoms with E-state index in [1.165, 1.54) is 11.8 Å². The molecule has 3 nitrogen and oxygen atoms in total. The molecule has 0 saturated carbocycles. The maximum Gasteiger partial charge on any atom is 0.338 e. The van der Waals surface area contributed by atoms with Crippen LogP contribution in [-0.2, 0) is 0 Å². The minimum Gasteiger partial charge on any atom is -0.478 e. The normalized spacial score (nSPS) is 10.4. The van der Waals surface area contributed by atoms with Crippen LogP contribution in [0.4, 0.5) is 10.1 Å². The standard InChI is InChI=1S/C13H9ClFNO2S/c14-7-1-3-8(4-2-7)19-12-6-10(15)9(13(17)18)5-11(12)16/h1-6H,16H2,(H,17,18). The average Bonchev–Trinajstić information content (AvgIpc) is 2.35. The first kappa shape index (κ1) is 13.7. The number of carboxylic acids is 1. The van der Waals surface area contributed by atoms with Crippen LogP contribution < -0.4 is 5.73 Å². The van der Waals surface area contributed by atoms with Crippen molar-refractivity contribution in [1.82, 2.24) is 0 Å². The quantitative estimate of drug-likeness (QED) is 0.843. The van der Waals surface area contributed by atoms with Crippen LogP contribution in [0.25, 0.3) is 0 Å². The van der Waals surface area contributed by atoms with Gasteiger partial charge in [0.05, 0.1) is 5.56 Å². The first-order valence-electron chi connectivity index (χ1n) is 5.23. The maximum absolute atomic E-state index is 13.6. The van der Waals surface area contributed by atoms with Crippen LogP contribution >= 0.6 is 23.4 Å². The molecule has 0 aromatic heterocycles. The van der Waals surface area contributed by atoms with Crippen molar-refractivity contribution in [3.8, 4) is 0 Å². The summed E-state index contributed by atoms with van der Waals surface area (Å²) in [4.78, 5) is 12.1. The molecule has 0 aliphatic carbocycles. The maximum atomic E-state index is 13.6. The van der Waals surface area contributed by atoms with Gasteiger partial charge in [-0.25, -0.2) is 9.18 Å². The number of rotatable bonds is 3. The van der Waals surface area contributed by atoms with E-state index in [2.05, 4.69) is 0 Å². The van der Waals surface area contributed by atoms with E-state index in [0.717, 1.165) is 17.0 Å². The van der Waals surface area contributed by atoms with Crippen molar-refractivity contribution in [2.45, 2.75) is 9.79 Å². The van der Waals surface area contributed by atoms with Crippen molar-refractivity contribution >= 4 is 35.0 Å². The number of anilines is 1. The van der Waals surface area contributed by atoms with Crippen molar-refractivity contribution in [3.05, 3.63) is 52.8 Å². The third kappa shape index (κ3) is 3.19. The van der Waals surface area contributed by atoms with Crippen molar-refractivity contribution in [3.63, 3.8) is 0 Å². The van der Waals surface area contributed by atoms with Crippen molar-refractivity contribution in [2.75, 3.05) is 5.73 Å². The molecule has 2 aromatic rings. The van der Waals surface area contributed by atoms with Crippen molar-refractivity contribution in [1.29, 1.82) is 0 Å². The summed E-state index contributed by atoms with van der Waals surface area (Å²) in [5, 5.41) is 9.39. The molecule has 0 fully saturated rings. The molecule has 19 heavy (non-hydrogen) atoms. The Morgan fingerprint density at radius 3 is 2.47 bits per heavy atom. The Labute approximate surface area is 118 Å². The van der Waals surface area contributed by atoms with Gasteiger partial charge in [-0.15, -0.1) is 0 Å². The molecule has 2 aromatic carbocycles. The lowest BCUT2D eigenvalue weighted by Crippen LogP contribution is -2.03. The largest absolute Gasteiger partial charge is 0.478 e. The highest BCUT2D eigenvalue weighted by Gasteiger charge is 2.14. The molecule has 6 heteroatoms. The highest BCUT2D eigenvalue weighted by atomic mass is 35.5. The zero-order chi connectivity index (χ0) is 14.0. The number of carbonyl (C=O) groups is 1. The van der Waals surface area contributed by atoms with Gasteiger partial charge in [0.1, 0.15) is 5.82 Å². The van der Waals surface area contributed by atoms with E-state index in [0.29, 0.717) is 9.92 Å². The van der Waals surface area contributed by atoms with Gasteiger partial charge >= 0.3 is 5.97 Å². The number of hydrogen-bond acceptors (Lipinski definition) is 3. The molecule has 0 saturated heterocycles. The third-order valence-corrected chi connectivity index (χ3v) is 3.70. The van der Waals surface area contributed by atoms with E-state index >= 15 is 0 Å². The lowest BCUT2D eigenvalue weighted by Gasteiger charge is -2.07. The van der Waals surface area contributed by atoms with Gasteiger partial charge in [0.2, 0.25) is 0 Å². The second kappa shape index (κ2) is 5.50. The number of carboxylic acid groups (broad SMARTS) is 1.